The summed E-state index contributed by atoms with van der Waals surface area (Å²) >= 11 is 0. The van der Waals surface area contributed by atoms with Crippen molar-refractivity contribution in [3.05, 3.63) is 22.3 Å². The third kappa shape index (κ3) is 1.75. The predicted octanol–water partition coefficient (Wildman–Crippen LogP) is 0.772. The van der Waals surface area contributed by atoms with Crippen LogP contribution in [0.25, 0.3) is 11.5 Å². The first-order valence-corrected chi connectivity index (χ1v) is 3.66. The number of nitrogens with zero attached hydrogens (tertiary/aromatic N) is 2. The minimum Gasteiger partial charge on any atom is -0.296 e. The summed E-state index contributed by atoms with van der Waals surface area (Å²) in [7, 11) is 0. The molecule has 2 rings (SSSR count). The van der Waals surface area contributed by atoms with Crippen LogP contribution in [0, 0.1) is 0 Å². The maximum atomic E-state index is 12.1. The third-order valence-electron chi connectivity index (χ3n) is 1.57. The zero-order chi connectivity index (χ0) is 11.1. The van der Waals surface area contributed by atoms with Gasteiger partial charge in [0.2, 0.25) is 5.82 Å². The lowest BCUT2D eigenvalue weighted by Gasteiger charge is -1.99. The molecule has 9 heteroatoms. The van der Waals surface area contributed by atoms with Crippen LogP contribution in [0.4, 0.5) is 13.2 Å². The van der Waals surface area contributed by atoms with Crippen LogP contribution in [-0.2, 0) is 6.18 Å². The number of aromatic amines is 2. The molecule has 80 valence electrons. The van der Waals surface area contributed by atoms with Crippen LogP contribution in [0.1, 0.15) is 5.69 Å². The monoisotopic (exact) mass is 220 g/mol. The second-order valence-electron chi connectivity index (χ2n) is 2.61. The molecule has 0 radical (unpaired) electrons. The first-order chi connectivity index (χ1) is 6.97. The van der Waals surface area contributed by atoms with Gasteiger partial charge in [-0.05, 0) is 6.07 Å². The van der Waals surface area contributed by atoms with E-state index in [1.807, 2.05) is 0 Å². The van der Waals surface area contributed by atoms with Gasteiger partial charge in [0.15, 0.2) is 0 Å². The Hall–Kier alpha value is -2.06. The summed E-state index contributed by atoms with van der Waals surface area (Å²) < 4.78 is 40.5. The van der Waals surface area contributed by atoms with Gasteiger partial charge in [-0.1, -0.05) is 5.16 Å². The van der Waals surface area contributed by atoms with Crippen molar-refractivity contribution in [2.75, 3.05) is 0 Å². The normalized spacial score (nSPS) is 11.9. The van der Waals surface area contributed by atoms with Gasteiger partial charge in [0.05, 0.1) is 0 Å². The van der Waals surface area contributed by atoms with E-state index in [2.05, 4.69) is 19.8 Å². The fraction of sp³-hybridized carbons (Fsp3) is 0.167. The Kier molecular flexibility index (Phi) is 1.88. The van der Waals surface area contributed by atoms with E-state index in [-0.39, 0.29) is 11.5 Å². The molecule has 2 heterocycles. The topological polar surface area (TPSA) is 87.6 Å². The predicted molar refractivity (Wildman–Crippen MR) is 39.7 cm³/mol. The van der Waals surface area contributed by atoms with Gasteiger partial charge in [0.1, 0.15) is 11.4 Å². The number of aromatic nitrogens is 4. The summed E-state index contributed by atoms with van der Waals surface area (Å²) in [4.78, 5) is 12.6. The fourth-order valence-corrected chi connectivity index (χ4v) is 0.928. The van der Waals surface area contributed by atoms with Crippen molar-refractivity contribution in [1.29, 1.82) is 0 Å². The highest BCUT2D eigenvalue weighted by atomic mass is 19.4. The number of rotatable bonds is 1. The van der Waals surface area contributed by atoms with Gasteiger partial charge in [-0.15, -0.1) is 0 Å². The molecule has 2 aromatic rings. The molecule has 0 aliphatic rings. The summed E-state index contributed by atoms with van der Waals surface area (Å²) in [5.41, 5.74) is -1.17. The average molecular weight is 220 g/mol. The van der Waals surface area contributed by atoms with E-state index in [0.29, 0.717) is 6.07 Å². The number of hydrogen-bond acceptors (Lipinski definition) is 4. The Morgan fingerprint density at radius 2 is 2.13 bits per heavy atom. The lowest BCUT2D eigenvalue weighted by molar-refractivity contribution is -0.141. The highest BCUT2D eigenvalue weighted by molar-refractivity contribution is 5.48. The average Bonchev–Trinajstić information content (AvgIpc) is 2.69. The van der Waals surface area contributed by atoms with Crippen molar-refractivity contribution < 1.29 is 17.7 Å². The third-order valence-corrected chi connectivity index (χ3v) is 1.57. The Morgan fingerprint density at radius 3 is 2.60 bits per heavy atom. The number of hydrogen-bond donors (Lipinski definition) is 2. The van der Waals surface area contributed by atoms with E-state index in [9.17, 15) is 18.0 Å². The molecule has 0 saturated heterocycles. The van der Waals surface area contributed by atoms with Gasteiger partial charge in [0, 0.05) is 0 Å². The second-order valence-corrected chi connectivity index (χ2v) is 2.61. The smallest absolute Gasteiger partial charge is 0.296 e. The number of halogens is 3. The quantitative estimate of drug-likeness (QED) is 0.742. The molecule has 6 nitrogen and oxygen atoms in total. The van der Waals surface area contributed by atoms with Crippen molar-refractivity contribution in [3.8, 4) is 11.5 Å². The lowest BCUT2D eigenvalue weighted by Crippen LogP contribution is -2.04. The SMILES string of the molecule is O=c1[nH]c(-c2cc(C(F)(F)F)[nH]n2)no1. The Balaban J connectivity index is 2.40. The zero-order valence-electron chi connectivity index (χ0n) is 6.92. The Labute approximate surface area is 79.1 Å². The maximum absolute atomic E-state index is 12.1. The molecule has 0 atom stereocenters. The minimum atomic E-state index is -4.52. The molecule has 0 saturated carbocycles. The van der Waals surface area contributed by atoms with Gasteiger partial charge in [-0.3, -0.25) is 14.6 Å². The molecule has 0 fully saturated rings. The molecule has 2 N–H and O–H groups in total. The molecular formula is C6H3F3N4O2. The molecule has 0 aliphatic heterocycles. The van der Waals surface area contributed by atoms with Gasteiger partial charge >= 0.3 is 11.9 Å². The molecule has 2 aromatic heterocycles. The number of nitrogens with one attached hydrogen (secondary N) is 2. The van der Waals surface area contributed by atoms with E-state index in [0.717, 1.165) is 0 Å². The van der Waals surface area contributed by atoms with Crippen LogP contribution < -0.4 is 5.76 Å². The van der Waals surface area contributed by atoms with Crippen molar-refractivity contribution in [2.24, 2.45) is 0 Å². The lowest BCUT2D eigenvalue weighted by atomic mass is 10.3. The van der Waals surface area contributed by atoms with E-state index >= 15 is 0 Å². The molecule has 0 bridgehead atoms. The van der Waals surface area contributed by atoms with E-state index in [1.165, 1.54) is 0 Å². The zero-order valence-corrected chi connectivity index (χ0v) is 6.92. The van der Waals surface area contributed by atoms with Gasteiger partial charge in [0.25, 0.3) is 0 Å². The summed E-state index contributed by atoms with van der Waals surface area (Å²) in [5, 5.41) is 8.29. The summed E-state index contributed by atoms with van der Waals surface area (Å²) in [6.07, 6.45) is -4.52. The minimum absolute atomic E-state index is 0.145. The Bertz CT molecular complexity index is 523. The Morgan fingerprint density at radius 1 is 1.40 bits per heavy atom. The molecule has 0 unspecified atom stereocenters. The summed E-state index contributed by atoms with van der Waals surface area (Å²) in [6, 6.07) is 0.716. The molecule has 0 aliphatic carbocycles. The first-order valence-electron chi connectivity index (χ1n) is 3.66. The van der Waals surface area contributed by atoms with Gasteiger partial charge < -0.3 is 0 Å². The van der Waals surface area contributed by atoms with Crippen molar-refractivity contribution in [2.45, 2.75) is 6.18 Å². The number of alkyl halides is 3. The highest BCUT2D eigenvalue weighted by Crippen LogP contribution is 2.29. The first kappa shape index (κ1) is 9.49. The van der Waals surface area contributed by atoms with Crippen molar-refractivity contribution in [1.82, 2.24) is 20.3 Å². The highest BCUT2D eigenvalue weighted by Gasteiger charge is 2.33. The van der Waals surface area contributed by atoms with Gasteiger partial charge in [-0.25, -0.2) is 4.79 Å². The van der Waals surface area contributed by atoms with Crippen molar-refractivity contribution in [3.63, 3.8) is 0 Å². The van der Waals surface area contributed by atoms with Crippen LogP contribution in [-0.4, -0.2) is 20.3 Å². The van der Waals surface area contributed by atoms with E-state index in [4.69, 9.17) is 0 Å². The van der Waals surface area contributed by atoms with E-state index in [1.54, 1.807) is 5.10 Å². The van der Waals surface area contributed by atoms with E-state index < -0.39 is 17.6 Å². The second kappa shape index (κ2) is 2.97. The van der Waals surface area contributed by atoms with Crippen LogP contribution in [0.15, 0.2) is 15.4 Å². The fourth-order valence-electron chi connectivity index (χ4n) is 0.928. The van der Waals surface area contributed by atoms with Gasteiger partial charge in [-0.2, -0.15) is 18.3 Å². The molecular weight excluding hydrogens is 217 g/mol. The van der Waals surface area contributed by atoms with Crippen LogP contribution in [0.3, 0.4) is 0 Å². The van der Waals surface area contributed by atoms with Crippen LogP contribution in [0.5, 0.6) is 0 Å². The van der Waals surface area contributed by atoms with Crippen LogP contribution in [0.2, 0.25) is 0 Å². The molecule has 0 aromatic carbocycles. The summed E-state index contributed by atoms with van der Waals surface area (Å²) in [6.45, 7) is 0. The van der Waals surface area contributed by atoms with Crippen molar-refractivity contribution >= 4 is 0 Å². The number of H-pyrrole nitrogens is 2. The largest absolute Gasteiger partial charge is 0.439 e. The molecule has 0 amide bonds. The maximum Gasteiger partial charge on any atom is 0.439 e. The molecule has 15 heavy (non-hydrogen) atoms. The standard InChI is InChI=1S/C6H3F3N4O2/c7-6(8,9)3-1-2(11-12-3)4-10-5(14)15-13-4/h1H,(H,11,12)(H,10,13,14). The molecule has 0 spiro atoms. The van der Waals surface area contributed by atoms with Crippen LogP contribution >= 0.6 is 0 Å². The summed E-state index contributed by atoms with van der Waals surface area (Å²) in [5.74, 6) is -1.02.